The van der Waals surface area contributed by atoms with Gasteiger partial charge in [0.15, 0.2) is 0 Å². The summed E-state index contributed by atoms with van der Waals surface area (Å²) in [4.78, 5) is 24.2. The van der Waals surface area contributed by atoms with Crippen molar-refractivity contribution < 1.29 is 18.4 Å². The van der Waals surface area contributed by atoms with Crippen molar-refractivity contribution in [3.63, 3.8) is 0 Å². The van der Waals surface area contributed by atoms with Crippen LogP contribution >= 0.6 is 11.3 Å². The van der Waals surface area contributed by atoms with Crippen molar-refractivity contribution in [1.29, 1.82) is 0 Å². The zero-order valence-electron chi connectivity index (χ0n) is 12.5. The molecule has 0 aliphatic carbocycles. The number of carbonyl (C=O) groups is 2. The van der Waals surface area contributed by atoms with Crippen molar-refractivity contribution >= 4 is 23.2 Å². The van der Waals surface area contributed by atoms with Gasteiger partial charge in [-0.05, 0) is 36.2 Å². The van der Waals surface area contributed by atoms with Gasteiger partial charge in [0.1, 0.15) is 11.6 Å². The average molecular weight is 338 g/mol. The quantitative estimate of drug-likeness (QED) is 0.851. The number of carbonyl (C=O) groups excluding carboxylic acids is 2. The van der Waals surface area contributed by atoms with Crippen molar-refractivity contribution in [3.8, 4) is 0 Å². The number of thiophene rings is 1. The molecular formula is C16H16F2N2O2S. The molecule has 1 aromatic carbocycles. The molecule has 23 heavy (non-hydrogen) atoms. The molecule has 0 saturated carbocycles. The number of hydrogen-bond acceptors (Lipinski definition) is 3. The SMILES string of the molecule is CC(=O)NCc1ccc(C(=O)NCCc2cc(F)cc(F)c2)s1. The van der Waals surface area contributed by atoms with Gasteiger partial charge in [0.2, 0.25) is 5.91 Å². The molecule has 0 saturated heterocycles. The van der Waals surface area contributed by atoms with E-state index in [-0.39, 0.29) is 18.4 Å². The molecule has 0 atom stereocenters. The van der Waals surface area contributed by atoms with Crippen LogP contribution in [0.5, 0.6) is 0 Å². The maximum Gasteiger partial charge on any atom is 0.261 e. The summed E-state index contributed by atoms with van der Waals surface area (Å²) in [5, 5.41) is 5.36. The van der Waals surface area contributed by atoms with Crippen LogP contribution < -0.4 is 10.6 Å². The second kappa shape index (κ2) is 7.82. The predicted octanol–water partition coefficient (Wildman–Crippen LogP) is 2.63. The first-order valence-electron chi connectivity index (χ1n) is 7.00. The Kier molecular flexibility index (Phi) is 5.81. The summed E-state index contributed by atoms with van der Waals surface area (Å²) in [6.07, 6.45) is 0.338. The molecule has 2 rings (SSSR count). The van der Waals surface area contributed by atoms with Gasteiger partial charge in [-0.1, -0.05) is 0 Å². The number of nitrogens with one attached hydrogen (secondary N) is 2. The van der Waals surface area contributed by atoms with E-state index in [0.29, 0.717) is 23.4 Å². The predicted molar refractivity (Wildman–Crippen MR) is 84.2 cm³/mol. The monoisotopic (exact) mass is 338 g/mol. The molecule has 0 radical (unpaired) electrons. The summed E-state index contributed by atoms with van der Waals surface area (Å²) in [5.74, 6) is -1.65. The molecule has 0 unspecified atom stereocenters. The van der Waals surface area contributed by atoms with Gasteiger partial charge < -0.3 is 10.6 Å². The summed E-state index contributed by atoms with van der Waals surface area (Å²) in [7, 11) is 0. The summed E-state index contributed by atoms with van der Waals surface area (Å²) < 4.78 is 26.1. The first kappa shape index (κ1) is 17.1. The van der Waals surface area contributed by atoms with Crippen molar-refractivity contribution in [2.45, 2.75) is 19.9 Å². The molecular weight excluding hydrogens is 322 g/mol. The lowest BCUT2D eigenvalue weighted by atomic mass is 10.1. The highest BCUT2D eigenvalue weighted by Crippen LogP contribution is 2.16. The molecule has 122 valence electrons. The Morgan fingerprint density at radius 2 is 1.78 bits per heavy atom. The van der Waals surface area contributed by atoms with Gasteiger partial charge in [0, 0.05) is 24.4 Å². The maximum atomic E-state index is 13.1. The zero-order valence-corrected chi connectivity index (χ0v) is 13.3. The molecule has 1 heterocycles. The lowest BCUT2D eigenvalue weighted by molar-refractivity contribution is -0.119. The Bertz CT molecular complexity index is 696. The molecule has 0 fully saturated rings. The molecule has 1 aromatic heterocycles. The van der Waals surface area contributed by atoms with Gasteiger partial charge in [0.05, 0.1) is 11.4 Å². The highest BCUT2D eigenvalue weighted by atomic mass is 32.1. The Morgan fingerprint density at radius 1 is 1.09 bits per heavy atom. The van der Waals surface area contributed by atoms with Crippen molar-refractivity contribution in [2.75, 3.05) is 6.54 Å². The van der Waals surface area contributed by atoms with E-state index in [1.165, 1.54) is 30.4 Å². The minimum absolute atomic E-state index is 0.133. The number of hydrogen-bond donors (Lipinski definition) is 2. The van der Waals surface area contributed by atoms with Crippen LogP contribution in [0.25, 0.3) is 0 Å². The lowest BCUT2D eigenvalue weighted by Crippen LogP contribution is -2.24. The minimum atomic E-state index is -0.632. The average Bonchev–Trinajstić information content (AvgIpc) is 2.93. The number of rotatable bonds is 6. The van der Waals surface area contributed by atoms with Crippen LogP contribution in [-0.2, 0) is 17.8 Å². The Labute approximate surface area is 136 Å². The molecule has 4 nitrogen and oxygen atoms in total. The lowest BCUT2D eigenvalue weighted by Gasteiger charge is -2.04. The summed E-state index contributed by atoms with van der Waals surface area (Å²) >= 11 is 1.29. The Hall–Kier alpha value is -2.28. The standard InChI is InChI=1S/C16H16F2N2O2S/c1-10(21)20-9-14-2-3-15(23-14)16(22)19-5-4-11-6-12(17)8-13(18)7-11/h2-3,6-8H,4-5,9H2,1H3,(H,19,22)(H,20,21). The van der Waals surface area contributed by atoms with E-state index in [1.807, 2.05) is 0 Å². The van der Waals surface area contributed by atoms with Gasteiger partial charge in [-0.15, -0.1) is 11.3 Å². The Balaban J connectivity index is 1.83. The number of amides is 2. The number of halogens is 2. The maximum absolute atomic E-state index is 13.1. The molecule has 0 aliphatic rings. The van der Waals surface area contributed by atoms with Crippen molar-refractivity contribution in [1.82, 2.24) is 10.6 Å². The highest BCUT2D eigenvalue weighted by molar-refractivity contribution is 7.14. The van der Waals surface area contributed by atoms with Crippen LogP contribution in [0.3, 0.4) is 0 Å². The van der Waals surface area contributed by atoms with E-state index >= 15 is 0 Å². The van der Waals surface area contributed by atoms with Gasteiger partial charge in [-0.25, -0.2) is 8.78 Å². The van der Waals surface area contributed by atoms with Crippen molar-refractivity contribution in [2.24, 2.45) is 0 Å². The van der Waals surface area contributed by atoms with Crippen LogP contribution in [-0.4, -0.2) is 18.4 Å². The fourth-order valence-corrected chi connectivity index (χ4v) is 2.83. The van der Waals surface area contributed by atoms with Gasteiger partial charge in [0.25, 0.3) is 5.91 Å². The molecule has 0 bridgehead atoms. The Morgan fingerprint density at radius 3 is 2.43 bits per heavy atom. The normalized spacial score (nSPS) is 10.4. The summed E-state index contributed by atoms with van der Waals surface area (Å²) in [6.45, 7) is 2.09. The molecule has 2 N–H and O–H groups in total. The van der Waals surface area contributed by atoms with Crippen LogP contribution in [0.2, 0.25) is 0 Å². The van der Waals surface area contributed by atoms with E-state index in [0.717, 1.165) is 10.9 Å². The molecule has 2 amide bonds. The van der Waals surface area contributed by atoms with E-state index in [4.69, 9.17) is 0 Å². The first-order chi connectivity index (χ1) is 10.9. The second-order valence-electron chi connectivity index (χ2n) is 4.96. The van der Waals surface area contributed by atoms with E-state index in [1.54, 1.807) is 12.1 Å². The van der Waals surface area contributed by atoms with E-state index < -0.39 is 11.6 Å². The topological polar surface area (TPSA) is 58.2 Å². The third-order valence-electron chi connectivity index (χ3n) is 3.02. The largest absolute Gasteiger partial charge is 0.351 e. The summed E-state index contributed by atoms with van der Waals surface area (Å²) in [6, 6.07) is 6.75. The fourth-order valence-electron chi connectivity index (χ4n) is 1.97. The van der Waals surface area contributed by atoms with Crippen molar-refractivity contribution in [3.05, 3.63) is 57.3 Å². The van der Waals surface area contributed by atoms with E-state index in [9.17, 15) is 18.4 Å². The second-order valence-corrected chi connectivity index (χ2v) is 6.13. The van der Waals surface area contributed by atoms with Gasteiger partial charge in [-0.2, -0.15) is 0 Å². The minimum Gasteiger partial charge on any atom is -0.351 e. The number of benzene rings is 1. The van der Waals surface area contributed by atoms with Gasteiger partial charge in [-0.3, -0.25) is 9.59 Å². The summed E-state index contributed by atoms with van der Waals surface area (Å²) in [5.41, 5.74) is 0.486. The van der Waals surface area contributed by atoms with Gasteiger partial charge >= 0.3 is 0 Å². The van der Waals surface area contributed by atoms with E-state index in [2.05, 4.69) is 10.6 Å². The third-order valence-corrected chi connectivity index (χ3v) is 4.10. The molecule has 0 spiro atoms. The highest BCUT2D eigenvalue weighted by Gasteiger charge is 2.09. The smallest absolute Gasteiger partial charge is 0.261 e. The zero-order chi connectivity index (χ0) is 16.8. The molecule has 7 heteroatoms. The van der Waals surface area contributed by atoms with Crippen LogP contribution in [0.15, 0.2) is 30.3 Å². The first-order valence-corrected chi connectivity index (χ1v) is 7.82. The fraction of sp³-hybridized carbons (Fsp3) is 0.250. The van der Waals surface area contributed by atoms with Crippen LogP contribution in [0.1, 0.15) is 27.0 Å². The molecule has 0 aliphatic heterocycles. The molecule has 2 aromatic rings. The van der Waals surface area contributed by atoms with Crippen LogP contribution in [0.4, 0.5) is 8.78 Å². The van der Waals surface area contributed by atoms with Crippen LogP contribution in [0, 0.1) is 11.6 Å². The third kappa shape index (κ3) is 5.45.